The zero-order valence-corrected chi connectivity index (χ0v) is 11.1. The number of nitrogens with zero attached hydrogens (tertiary/aromatic N) is 2. The predicted molar refractivity (Wildman–Crippen MR) is 72.7 cm³/mol. The van der Waals surface area contributed by atoms with Crippen LogP contribution in [0.5, 0.6) is 0 Å². The Morgan fingerprint density at radius 1 is 1.26 bits per heavy atom. The third kappa shape index (κ3) is 3.62. The van der Waals surface area contributed by atoms with E-state index in [9.17, 15) is 0 Å². The Balaban J connectivity index is 2.13. The fourth-order valence-electron chi connectivity index (χ4n) is 1.94. The van der Waals surface area contributed by atoms with Gasteiger partial charge in [0.15, 0.2) is 5.82 Å². The van der Waals surface area contributed by atoms with Crippen LogP contribution in [0.3, 0.4) is 0 Å². The summed E-state index contributed by atoms with van der Waals surface area (Å²) in [7, 11) is 1.69. The van der Waals surface area contributed by atoms with Crippen LogP contribution in [0.1, 0.15) is 17.8 Å². The van der Waals surface area contributed by atoms with Crippen LogP contribution in [0.25, 0.3) is 11.5 Å². The van der Waals surface area contributed by atoms with Crippen molar-refractivity contribution in [3.63, 3.8) is 0 Å². The predicted octanol–water partition coefficient (Wildman–Crippen LogP) is 1.82. The van der Waals surface area contributed by atoms with Gasteiger partial charge in [-0.2, -0.15) is 4.98 Å². The molecule has 2 rings (SSSR count). The molecule has 1 heterocycles. The van der Waals surface area contributed by atoms with Gasteiger partial charge in [0.25, 0.3) is 5.89 Å². The van der Waals surface area contributed by atoms with Crippen LogP contribution in [-0.4, -0.2) is 30.4 Å². The Labute approximate surface area is 112 Å². The highest BCUT2D eigenvalue weighted by molar-refractivity contribution is 5.58. The van der Waals surface area contributed by atoms with Gasteiger partial charge in [-0.05, 0) is 31.0 Å². The second kappa shape index (κ2) is 7.01. The lowest BCUT2D eigenvalue weighted by Gasteiger charge is -2.03. The molecule has 1 aromatic heterocycles. The second-order valence-electron chi connectivity index (χ2n) is 4.31. The molecule has 2 aromatic rings. The summed E-state index contributed by atoms with van der Waals surface area (Å²) in [6.07, 6.45) is 2.45. The smallest absolute Gasteiger partial charge is 0.258 e. The van der Waals surface area contributed by atoms with E-state index in [0.717, 1.165) is 36.2 Å². The summed E-state index contributed by atoms with van der Waals surface area (Å²) in [5.41, 5.74) is 7.72. The average Bonchev–Trinajstić information content (AvgIpc) is 2.89. The Morgan fingerprint density at radius 2 is 2.11 bits per heavy atom. The highest BCUT2D eigenvalue weighted by atomic mass is 16.5. The van der Waals surface area contributed by atoms with Crippen molar-refractivity contribution in [2.75, 3.05) is 20.3 Å². The molecule has 0 spiro atoms. The van der Waals surface area contributed by atoms with E-state index in [2.05, 4.69) is 10.1 Å². The van der Waals surface area contributed by atoms with Crippen LogP contribution in [0.4, 0.5) is 0 Å². The van der Waals surface area contributed by atoms with Crippen LogP contribution >= 0.6 is 0 Å². The molecule has 5 heteroatoms. The molecular weight excluding hydrogens is 242 g/mol. The summed E-state index contributed by atoms with van der Waals surface area (Å²) in [5.74, 6) is 1.28. The van der Waals surface area contributed by atoms with Gasteiger partial charge in [-0.15, -0.1) is 0 Å². The van der Waals surface area contributed by atoms with Crippen molar-refractivity contribution in [3.05, 3.63) is 35.7 Å². The van der Waals surface area contributed by atoms with Crippen LogP contribution < -0.4 is 5.73 Å². The maximum absolute atomic E-state index is 5.61. The van der Waals surface area contributed by atoms with E-state index in [1.807, 2.05) is 24.3 Å². The van der Waals surface area contributed by atoms with E-state index in [4.69, 9.17) is 15.0 Å². The lowest BCUT2D eigenvalue weighted by molar-refractivity contribution is 0.194. The van der Waals surface area contributed by atoms with E-state index < -0.39 is 0 Å². The minimum absolute atomic E-state index is 0.566. The lowest BCUT2D eigenvalue weighted by Crippen LogP contribution is -2.03. The first-order chi connectivity index (χ1) is 9.35. The molecule has 0 amide bonds. The van der Waals surface area contributed by atoms with Gasteiger partial charge in [0, 0.05) is 25.7 Å². The molecule has 0 saturated heterocycles. The topological polar surface area (TPSA) is 74.2 Å². The molecule has 5 nitrogen and oxygen atoms in total. The number of hydrogen-bond acceptors (Lipinski definition) is 5. The molecule has 0 saturated carbocycles. The first-order valence-corrected chi connectivity index (χ1v) is 6.45. The second-order valence-corrected chi connectivity index (χ2v) is 4.31. The van der Waals surface area contributed by atoms with Crippen LogP contribution in [-0.2, 0) is 17.6 Å². The van der Waals surface area contributed by atoms with Crippen LogP contribution in [0, 0.1) is 0 Å². The van der Waals surface area contributed by atoms with Gasteiger partial charge in [-0.1, -0.05) is 23.4 Å². The summed E-state index contributed by atoms with van der Waals surface area (Å²) >= 11 is 0. The summed E-state index contributed by atoms with van der Waals surface area (Å²) < 4.78 is 10.3. The van der Waals surface area contributed by atoms with E-state index in [1.54, 1.807) is 7.11 Å². The highest BCUT2D eigenvalue weighted by Crippen LogP contribution is 2.22. The monoisotopic (exact) mass is 261 g/mol. The normalized spacial score (nSPS) is 10.8. The molecule has 0 atom stereocenters. The number of hydrogen-bond donors (Lipinski definition) is 1. The third-order valence-corrected chi connectivity index (χ3v) is 2.88. The largest absolute Gasteiger partial charge is 0.385 e. The standard InChI is InChI=1S/C14H19N3O2/c1-18-10-4-7-13-16-14(19-17-13)12-6-3-2-5-11(12)8-9-15/h2-3,5-6H,4,7-10,15H2,1H3. The Morgan fingerprint density at radius 3 is 2.89 bits per heavy atom. The maximum atomic E-state index is 5.61. The van der Waals surface area contributed by atoms with E-state index in [0.29, 0.717) is 19.0 Å². The molecule has 0 radical (unpaired) electrons. The summed E-state index contributed by atoms with van der Waals surface area (Å²) in [5, 5.41) is 3.99. The number of nitrogens with two attached hydrogens (primary N) is 1. The quantitative estimate of drug-likeness (QED) is 0.769. The molecule has 2 N–H and O–H groups in total. The third-order valence-electron chi connectivity index (χ3n) is 2.88. The molecular formula is C14H19N3O2. The van der Waals surface area contributed by atoms with Crippen molar-refractivity contribution in [2.24, 2.45) is 5.73 Å². The molecule has 102 valence electrons. The molecule has 0 aliphatic rings. The Kier molecular flexibility index (Phi) is 5.06. The maximum Gasteiger partial charge on any atom is 0.258 e. The van der Waals surface area contributed by atoms with Gasteiger partial charge in [0.1, 0.15) is 0 Å². The van der Waals surface area contributed by atoms with Gasteiger partial charge in [-0.3, -0.25) is 0 Å². The zero-order valence-electron chi connectivity index (χ0n) is 11.1. The zero-order chi connectivity index (χ0) is 13.5. The Hall–Kier alpha value is -1.72. The van der Waals surface area contributed by atoms with Crippen molar-refractivity contribution < 1.29 is 9.26 Å². The van der Waals surface area contributed by atoms with Gasteiger partial charge >= 0.3 is 0 Å². The number of aryl methyl sites for hydroxylation is 1. The van der Waals surface area contributed by atoms with E-state index in [-0.39, 0.29) is 0 Å². The summed E-state index contributed by atoms with van der Waals surface area (Å²) in [4.78, 5) is 4.42. The van der Waals surface area contributed by atoms with Crippen molar-refractivity contribution in [1.29, 1.82) is 0 Å². The van der Waals surface area contributed by atoms with Crippen LogP contribution in [0.2, 0.25) is 0 Å². The van der Waals surface area contributed by atoms with Gasteiger partial charge in [0.05, 0.1) is 0 Å². The van der Waals surface area contributed by atoms with E-state index in [1.165, 1.54) is 0 Å². The fraction of sp³-hybridized carbons (Fsp3) is 0.429. The molecule has 0 unspecified atom stereocenters. The number of rotatable bonds is 7. The molecule has 19 heavy (non-hydrogen) atoms. The van der Waals surface area contributed by atoms with Gasteiger partial charge < -0.3 is 15.0 Å². The first kappa shape index (κ1) is 13.7. The SMILES string of the molecule is COCCCc1noc(-c2ccccc2CCN)n1. The molecule has 0 fully saturated rings. The minimum Gasteiger partial charge on any atom is -0.385 e. The summed E-state index contributed by atoms with van der Waals surface area (Å²) in [6.45, 7) is 1.31. The lowest BCUT2D eigenvalue weighted by atomic mass is 10.0. The Bertz CT molecular complexity index is 511. The molecule has 1 aromatic carbocycles. The van der Waals surface area contributed by atoms with E-state index >= 15 is 0 Å². The molecule has 0 aliphatic heterocycles. The summed E-state index contributed by atoms with van der Waals surface area (Å²) in [6, 6.07) is 7.98. The number of aromatic nitrogens is 2. The fourth-order valence-corrected chi connectivity index (χ4v) is 1.94. The van der Waals surface area contributed by atoms with Crippen molar-refractivity contribution in [3.8, 4) is 11.5 Å². The molecule has 0 bridgehead atoms. The van der Waals surface area contributed by atoms with Crippen molar-refractivity contribution in [2.45, 2.75) is 19.3 Å². The van der Waals surface area contributed by atoms with Crippen molar-refractivity contribution >= 4 is 0 Å². The van der Waals surface area contributed by atoms with Gasteiger partial charge in [-0.25, -0.2) is 0 Å². The highest BCUT2D eigenvalue weighted by Gasteiger charge is 2.11. The average molecular weight is 261 g/mol. The van der Waals surface area contributed by atoms with Crippen LogP contribution in [0.15, 0.2) is 28.8 Å². The first-order valence-electron chi connectivity index (χ1n) is 6.45. The van der Waals surface area contributed by atoms with Gasteiger partial charge in [0.2, 0.25) is 0 Å². The van der Waals surface area contributed by atoms with Crippen molar-refractivity contribution in [1.82, 2.24) is 10.1 Å². The number of benzene rings is 1. The minimum atomic E-state index is 0.566. The molecule has 0 aliphatic carbocycles. The number of ether oxygens (including phenoxy) is 1. The number of methoxy groups -OCH3 is 1.